The van der Waals surface area contributed by atoms with Crippen LogP contribution in [-0.4, -0.2) is 22.6 Å². The van der Waals surface area contributed by atoms with Crippen molar-refractivity contribution in [1.29, 1.82) is 0 Å². The Morgan fingerprint density at radius 1 is 1.04 bits per heavy atom. The second kappa shape index (κ2) is 7.21. The van der Waals surface area contributed by atoms with Crippen molar-refractivity contribution in [2.75, 3.05) is 14.2 Å². The lowest BCUT2D eigenvalue weighted by atomic mass is 10.1. The lowest BCUT2D eigenvalue weighted by molar-refractivity contribution is 0.414. The molecule has 0 bridgehead atoms. The molecule has 23 heavy (non-hydrogen) atoms. The summed E-state index contributed by atoms with van der Waals surface area (Å²) in [6, 6.07) is 11.1. The van der Waals surface area contributed by atoms with Gasteiger partial charge in [0, 0.05) is 6.04 Å². The minimum atomic E-state index is -3.69. The fourth-order valence-corrected chi connectivity index (χ4v) is 3.66. The predicted octanol–water partition coefficient (Wildman–Crippen LogP) is 3.40. The summed E-state index contributed by atoms with van der Waals surface area (Å²) in [5, 5.41) is 0.243. The Bertz CT molecular complexity index is 775. The smallest absolute Gasteiger partial charge is 0.241 e. The summed E-state index contributed by atoms with van der Waals surface area (Å²) in [6.07, 6.45) is 0. The van der Waals surface area contributed by atoms with Gasteiger partial charge in [-0.05, 0) is 42.8 Å². The summed E-state index contributed by atoms with van der Waals surface area (Å²) >= 11 is 5.99. The van der Waals surface area contributed by atoms with Gasteiger partial charge in [0.15, 0.2) is 0 Å². The predicted molar refractivity (Wildman–Crippen MR) is 89.7 cm³/mol. The zero-order chi connectivity index (χ0) is 17.0. The fraction of sp³-hybridized carbons (Fsp3) is 0.250. The number of ether oxygens (including phenoxy) is 2. The molecule has 0 spiro atoms. The topological polar surface area (TPSA) is 64.6 Å². The van der Waals surface area contributed by atoms with E-state index in [-0.39, 0.29) is 9.92 Å². The van der Waals surface area contributed by atoms with Crippen LogP contribution < -0.4 is 14.2 Å². The van der Waals surface area contributed by atoms with Crippen molar-refractivity contribution in [2.24, 2.45) is 0 Å². The SMILES string of the molecule is COc1ccc([C@H](C)NS(=O)(=O)c2ccc(OC)c(Cl)c2)cc1. The maximum Gasteiger partial charge on any atom is 0.241 e. The molecular formula is C16H18ClNO4S. The minimum absolute atomic E-state index is 0.0867. The van der Waals surface area contributed by atoms with Gasteiger partial charge < -0.3 is 9.47 Å². The van der Waals surface area contributed by atoms with Crippen LogP contribution in [0.1, 0.15) is 18.5 Å². The molecule has 2 aromatic rings. The zero-order valence-corrected chi connectivity index (χ0v) is 14.6. The highest BCUT2D eigenvalue weighted by molar-refractivity contribution is 7.89. The molecule has 0 aliphatic rings. The molecular weight excluding hydrogens is 338 g/mol. The van der Waals surface area contributed by atoms with E-state index in [4.69, 9.17) is 21.1 Å². The van der Waals surface area contributed by atoms with Crippen molar-refractivity contribution in [3.8, 4) is 11.5 Å². The van der Waals surface area contributed by atoms with Crippen LogP contribution in [0.25, 0.3) is 0 Å². The molecule has 0 aliphatic heterocycles. The Labute approximate surface area is 141 Å². The van der Waals surface area contributed by atoms with Gasteiger partial charge in [0.1, 0.15) is 11.5 Å². The van der Waals surface area contributed by atoms with Gasteiger partial charge in [-0.25, -0.2) is 13.1 Å². The molecule has 0 unspecified atom stereocenters. The largest absolute Gasteiger partial charge is 0.497 e. The number of sulfonamides is 1. The van der Waals surface area contributed by atoms with Gasteiger partial charge in [0.2, 0.25) is 10.0 Å². The van der Waals surface area contributed by atoms with Gasteiger partial charge in [0.25, 0.3) is 0 Å². The first kappa shape index (κ1) is 17.6. The monoisotopic (exact) mass is 355 g/mol. The summed E-state index contributed by atoms with van der Waals surface area (Å²) in [5.74, 6) is 1.14. The van der Waals surface area contributed by atoms with Crippen molar-refractivity contribution in [3.63, 3.8) is 0 Å². The molecule has 1 atom stereocenters. The van der Waals surface area contributed by atoms with Crippen molar-refractivity contribution >= 4 is 21.6 Å². The summed E-state index contributed by atoms with van der Waals surface area (Å²) in [6.45, 7) is 1.77. The van der Waals surface area contributed by atoms with Crippen molar-refractivity contribution in [2.45, 2.75) is 17.9 Å². The molecule has 2 rings (SSSR count). The highest BCUT2D eigenvalue weighted by atomic mass is 35.5. The molecule has 0 amide bonds. The van der Waals surface area contributed by atoms with Crippen molar-refractivity contribution in [1.82, 2.24) is 4.72 Å². The molecule has 0 heterocycles. The number of halogens is 1. The molecule has 124 valence electrons. The Morgan fingerprint density at radius 3 is 2.22 bits per heavy atom. The summed E-state index contributed by atoms with van der Waals surface area (Å²) in [4.78, 5) is 0.0867. The molecule has 0 aliphatic carbocycles. The molecule has 2 aromatic carbocycles. The number of nitrogens with one attached hydrogen (secondary N) is 1. The summed E-state index contributed by atoms with van der Waals surface area (Å²) in [5.41, 5.74) is 0.828. The maximum atomic E-state index is 12.5. The van der Waals surface area contributed by atoms with Crippen molar-refractivity contribution in [3.05, 3.63) is 53.1 Å². The van der Waals surface area contributed by atoms with Gasteiger partial charge in [-0.3, -0.25) is 0 Å². The van der Waals surface area contributed by atoms with E-state index >= 15 is 0 Å². The van der Waals surface area contributed by atoms with Crippen LogP contribution in [0.3, 0.4) is 0 Å². The second-order valence-corrected chi connectivity index (χ2v) is 7.03. The molecule has 7 heteroatoms. The number of methoxy groups -OCH3 is 2. The zero-order valence-electron chi connectivity index (χ0n) is 13.0. The Morgan fingerprint density at radius 2 is 1.70 bits per heavy atom. The van der Waals surface area contributed by atoms with Gasteiger partial charge in [-0.1, -0.05) is 23.7 Å². The van der Waals surface area contributed by atoms with Gasteiger partial charge >= 0.3 is 0 Å². The second-order valence-electron chi connectivity index (χ2n) is 4.91. The maximum absolute atomic E-state index is 12.5. The van der Waals surface area contributed by atoms with Crippen LogP contribution in [0.15, 0.2) is 47.4 Å². The van der Waals surface area contributed by atoms with E-state index in [1.54, 1.807) is 26.2 Å². The standard InChI is InChI=1S/C16H18ClNO4S/c1-11(12-4-6-13(21-2)7-5-12)18-23(19,20)14-8-9-16(22-3)15(17)10-14/h4-11,18H,1-3H3/t11-/m0/s1. The first-order valence-electron chi connectivity index (χ1n) is 6.87. The average Bonchev–Trinajstić information content (AvgIpc) is 2.54. The van der Waals surface area contributed by atoms with E-state index in [1.165, 1.54) is 25.3 Å². The molecule has 1 N–H and O–H groups in total. The molecule has 5 nitrogen and oxygen atoms in total. The van der Waals surface area contributed by atoms with Crippen LogP contribution in [0, 0.1) is 0 Å². The number of hydrogen-bond donors (Lipinski definition) is 1. The normalized spacial score (nSPS) is 12.7. The highest BCUT2D eigenvalue weighted by Gasteiger charge is 2.19. The molecule has 0 saturated heterocycles. The summed E-state index contributed by atoms with van der Waals surface area (Å²) < 4.78 is 37.6. The minimum Gasteiger partial charge on any atom is -0.497 e. The third-order valence-corrected chi connectivity index (χ3v) is 5.22. The van der Waals surface area contributed by atoms with E-state index in [0.29, 0.717) is 11.5 Å². The van der Waals surface area contributed by atoms with Crippen molar-refractivity contribution < 1.29 is 17.9 Å². The Kier molecular flexibility index (Phi) is 5.51. The third kappa shape index (κ3) is 4.16. The number of hydrogen-bond acceptors (Lipinski definition) is 4. The molecule has 0 radical (unpaired) electrons. The lowest BCUT2D eigenvalue weighted by Crippen LogP contribution is -2.26. The van der Waals surface area contributed by atoms with E-state index in [2.05, 4.69) is 4.72 Å². The van der Waals surface area contributed by atoms with Crippen LogP contribution in [0.2, 0.25) is 5.02 Å². The Hall–Kier alpha value is -1.76. The number of benzene rings is 2. The third-order valence-electron chi connectivity index (χ3n) is 3.38. The van der Waals surface area contributed by atoms with E-state index in [9.17, 15) is 8.42 Å². The highest BCUT2D eigenvalue weighted by Crippen LogP contribution is 2.27. The van der Waals surface area contributed by atoms with E-state index in [1.807, 2.05) is 12.1 Å². The molecule has 0 aromatic heterocycles. The van der Waals surface area contributed by atoms with E-state index in [0.717, 1.165) is 5.56 Å². The van der Waals surface area contributed by atoms with Crippen LogP contribution in [0.4, 0.5) is 0 Å². The molecule has 0 saturated carbocycles. The van der Waals surface area contributed by atoms with Crippen LogP contribution in [-0.2, 0) is 10.0 Å². The van der Waals surface area contributed by atoms with Gasteiger partial charge in [0.05, 0.1) is 24.1 Å². The van der Waals surface area contributed by atoms with Crippen LogP contribution >= 0.6 is 11.6 Å². The van der Waals surface area contributed by atoms with E-state index < -0.39 is 16.1 Å². The van der Waals surface area contributed by atoms with Gasteiger partial charge in [-0.2, -0.15) is 0 Å². The van der Waals surface area contributed by atoms with Crippen LogP contribution in [0.5, 0.6) is 11.5 Å². The summed E-state index contributed by atoms with van der Waals surface area (Å²) in [7, 11) is -0.643. The quantitative estimate of drug-likeness (QED) is 0.862. The average molecular weight is 356 g/mol. The Balaban J connectivity index is 2.21. The fourth-order valence-electron chi connectivity index (χ4n) is 2.08. The van der Waals surface area contributed by atoms with Gasteiger partial charge in [-0.15, -0.1) is 0 Å². The first-order chi connectivity index (χ1) is 10.9. The lowest BCUT2D eigenvalue weighted by Gasteiger charge is -2.15. The number of rotatable bonds is 6. The first-order valence-corrected chi connectivity index (χ1v) is 8.73. The molecule has 0 fully saturated rings.